The van der Waals surface area contributed by atoms with Crippen molar-refractivity contribution in [3.05, 3.63) is 29.8 Å². The molecule has 3 nitrogen and oxygen atoms in total. The lowest BCUT2D eigenvalue weighted by atomic mass is 10.3. The van der Waals surface area contributed by atoms with E-state index in [0.29, 0.717) is 0 Å². The Balaban J connectivity index is 2.54. The van der Waals surface area contributed by atoms with Gasteiger partial charge < -0.3 is 10.1 Å². The van der Waals surface area contributed by atoms with Crippen LogP contribution in [-0.4, -0.2) is 19.6 Å². The molecule has 0 saturated carbocycles. The molecule has 0 fully saturated rings. The molecule has 0 saturated heterocycles. The fraction of sp³-hybridized carbons (Fsp3) is 0.300. The van der Waals surface area contributed by atoms with Crippen LogP contribution in [0, 0.1) is 11.6 Å². The van der Waals surface area contributed by atoms with Crippen LogP contribution in [0.5, 0.6) is 0 Å². The molecule has 1 N–H and O–H groups in total. The minimum atomic E-state index is -0.681. The average Bonchev–Trinajstić information content (AvgIpc) is 2.22. The fourth-order valence-electron chi connectivity index (χ4n) is 1.06. The van der Waals surface area contributed by atoms with Gasteiger partial charge in [-0.15, -0.1) is 0 Å². The molecular weight excluding hydrogens is 204 g/mol. The number of esters is 1. The number of para-hydroxylation sites is 1. The number of carbonyl (C=O) groups excluding carboxylic acids is 1. The summed E-state index contributed by atoms with van der Waals surface area (Å²) in [5, 5.41) is 2.50. The zero-order chi connectivity index (χ0) is 11.3. The standard InChI is InChI=1S/C10H11F2NO2/c1-15-9(14)5-6-13-10-7(11)3-2-4-8(10)12/h2-4,13H,5-6H2,1H3. The highest BCUT2D eigenvalue weighted by molar-refractivity contribution is 5.69. The first-order valence-corrected chi connectivity index (χ1v) is 4.40. The maximum atomic E-state index is 13.0. The Labute approximate surface area is 86.0 Å². The molecule has 1 rings (SSSR count). The van der Waals surface area contributed by atoms with E-state index in [4.69, 9.17) is 0 Å². The number of benzene rings is 1. The number of rotatable bonds is 4. The maximum Gasteiger partial charge on any atom is 0.307 e. The highest BCUT2D eigenvalue weighted by atomic mass is 19.1. The lowest BCUT2D eigenvalue weighted by Crippen LogP contribution is -2.11. The second-order valence-corrected chi connectivity index (χ2v) is 2.85. The van der Waals surface area contributed by atoms with Gasteiger partial charge in [0.1, 0.15) is 17.3 Å². The molecule has 0 bridgehead atoms. The van der Waals surface area contributed by atoms with Crippen LogP contribution in [0.25, 0.3) is 0 Å². The number of methoxy groups -OCH3 is 1. The Kier molecular flexibility index (Phi) is 4.03. The molecule has 1 aromatic rings. The van der Waals surface area contributed by atoms with Crippen molar-refractivity contribution in [1.82, 2.24) is 0 Å². The molecular formula is C10H11F2NO2. The summed E-state index contributed by atoms with van der Waals surface area (Å²) in [6.07, 6.45) is 0.0598. The van der Waals surface area contributed by atoms with E-state index in [-0.39, 0.29) is 18.7 Å². The van der Waals surface area contributed by atoms with Gasteiger partial charge in [-0.25, -0.2) is 8.78 Å². The minimum absolute atomic E-state index is 0.0598. The molecule has 0 radical (unpaired) electrons. The van der Waals surface area contributed by atoms with Gasteiger partial charge >= 0.3 is 5.97 Å². The molecule has 0 aliphatic carbocycles. The largest absolute Gasteiger partial charge is 0.469 e. The van der Waals surface area contributed by atoms with E-state index < -0.39 is 17.6 Å². The van der Waals surface area contributed by atoms with Crippen LogP contribution in [0.3, 0.4) is 0 Å². The van der Waals surface area contributed by atoms with Crippen LogP contribution in [0.2, 0.25) is 0 Å². The van der Waals surface area contributed by atoms with Gasteiger partial charge in [0.2, 0.25) is 0 Å². The quantitative estimate of drug-likeness (QED) is 0.780. The predicted molar refractivity (Wildman–Crippen MR) is 51.5 cm³/mol. The SMILES string of the molecule is COC(=O)CCNc1c(F)cccc1F. The van der Waals surface area contributed by atoms with Gasteiger partial charge in [0, 0.05) is 6.54 Å². The van der Waals surface area contributed by atoms with Gasteiger partial charge in [0.15, 0.2) is 0 Å². The van der Waals surface area contributed by atoms with E-state index in [1.807, 2.05) is 0 Å². The van der Waals surface area contributed by atoms with Crippen molar-refractivity contribution in [2.45, 2.75) is 6.42 Å². The number of ether oxygens (including phenoxy) is 1. The van der Waals surface area contributed by atoms with Crippen LogP contribution >= 0.6 is 0 Å². The lowest BCUT2D eigenvalue weighted by molar-refractivity contribution is -0.140. The van der Waals surface area contributed by atoms with Gasteiger partial charge in [-0.05, 0) is 12.1 Å². The van der Waals surface area contributed by atoms with E-state index in [9.17, 15) is 13.6 Å². The molecule has 0 aliphatic heterocycles. The highest BCUT2D eigenvalue weighted by Gasteiger charge is 2.08. The smallest absolute Gasteiger partial charge is 0.307 e. The molecule has 0 unspecified atom stereocenters. The van der Waals surface area contributed by atoms with Crippen molar-refractivity contribution in [2.24, 2.45) is 0 Å². The van der Waals surface area contributed by atoms with Gasteiger partial charge in [-0.1, -0.05) is 6.07 Å². The zero-order valence-corrected chi connectivity index (χ0v) is 8.22. The summed E-state index contributed by atoms with van der Waals surface area (Å²) in [5.41, 5.74) is -0.221. The third kappa shape index (κ3) is 3.19. The molecule has 0 amide bonds. The molecule has 5 heteroatoms. The number of nitrogens with one attached hydrogen (secondary N) is 1. The van der Waals surface area contributed by atoms with Crippen molar-refractivity contribution in [3.8, 4) is 0 Å². The maximum absolute atomic E-state index is 13.0. The third-order valence-electron chi connectivity index (χ3n) is 1.82. The summed E-state index contributed by atoms with van der Waals surface area (Å²) in [6.45, 7) is 0.129. The number of anilines is 1. The molecule has 0 aliphatic rings. The number of carbonyl (C=O) groups is 1. The van der Waals surface area contributed by atoms with E-state index >= 15 is 0 Å². The van der Waals surface area contributed by atoms with Crippen LogP contribution in [0.15, 0.2) is 18.2 Å². The average molecular weight is 215 g/mol. The first-order chi connectivity index (χ1) is 7.15. The fourth-order valence-corrected chi connectivity index (χ4v) is 1.06. The first kappa shape index (κ1) is 11.4. The van der Waals surface area contributed by atoms with Crippen LogP contribution < -0.4 is 5.32 Å². The molecule has 15 heavy (non-hydrogen) atoms. The molecule has 0 aromatic heterocycles. The van der Waals surface area contributed by atoms with Crippen molar-refractivity contribution in [2.75, 3.05) is 19.0 Å². The van der Waals surface area contributed by atoms with Gasteiger partial charge in [0.05, 0.1) is 13.5 Å². The number of hydrogen-bond acceptors (Lipinski definition) is 3. The Morgan fingerprint density at radius 2 is 2.00 bits per heavy atom. The number of halogens is 2. The van der Waals surface area contributed by atoms with Crippen LogP contribution in [0.4, 0.5) is 14.5 Å². The molecule has 0 atom stereocenters. The van der Waals surface area contributed by atoms with E-state index in [1.165, 1.54) is 13.2 Å². The predicted octanol–water partition coefficient (Wildman–Crippen LogP) is 1.94. The number of hydrogen-bond donors (Lipinski definition) is 1. The Morgan fingerprint density at radius 1 is 1.40 bits per heavy atom. The summed E-state index contributed by atoms with van der Waals surface area (Å²) in [6, 6.07) is 3.56. The van der Waals surface area contributed by atoms with Crippen LogP contribution in [-0.2, 0) is 9.53 Å². The second kappa shape index (κ2) is 5.29. The summed E-state index contributed by atoms with van der Waals surface area (Å²) < 4.78 is 30.5. The van der Waals surface area contributed by atoms with Crippen molar-refractivity contribution >= 4 is 11.7 Å². The topological polar surface area (TPSA) is 38.3 Å². The summed E-state index contributed by atoms with van der Waals surface area (Å²) in [5.74, 6) is -1.79. The van der Waals surface area contributed by atoms with E-state index in [1.54, 1.807) is 0 Å². The normalized spacial score (nSPS) is 9.80. The Bertz CT molecular complexity index is 335. The van der Waals surface area contributed by atoms with Crippen molar-refractivity contribution in [3.63, 3.8) is 0 Å². The molecule has 82 valence electrons. The van der Waals surface area contributed by atoms with Crippen molar-refractivity contribution in [1.29, 1.82) is 0 Å². The lowest BCUT2D eigenvalue weighted by Gasteiger charge is -2.07. The minimum Gasteiger partial charge on any atom is -0.469 e. The Hall–Kier alpha value is -1.65. The monoisotopic (exact) mass is 215 g/mol. The van der Waals surface area contributed by atoms with Gasteiger partial charge in [-0.2, -0.15) is 0 Å². The summed E-state index contributed by atoms with van der Waals surface area (Å²) >= 11 is 0. The van der Waals surface area contributed by atoms with Crippen LogP contribution in [0.1, 0.15) is 6.42 Å². The summed E-state index contributed by atoms with van der Waals surface area (Å²) in [7, 11) is 1.26. The van der Waals surface area contributed by atoms with Gasteiger partial charge in [0.25, 0.3) is 0 Å². The second-order valence-electron chi connectivity index (χ2n) is 2.85. The zero-order valence-electron chi connectivity index (χ0n) is 8.22. The van der Waals surface area contributed by atoms with Gasteiger partial charge in [-0.3, -0.25) is 4.79 Å². The van der Waals surface area contributed by atoms with E-state index in [0.717, 1.165) is 12.1 Å². The molecule has 1 aromatic carbocycles. The molecule has 0 heterocycles. The highest BCUT2D eigenvalue weighted by Crippen LogP contribution is 2.17. The van der Waals surface area contributed by atoms with E-state index in [2.05, 4.69) is 10.1 Å². The third-order valence-corrected chi connectivity index (χ3v) is 1.82. The van der Waals surface area contributed by atoms with Crippen molar-refractivity contribution < 1.29 is 18.3 Å². The summed E-state index contributed by atoms with van der Waals surface area (Å²) in [4.78, 5) is 10.7. The Morgan fingerprint density at radius 3 is 2.53 bits per heavy atom. The first-order valence-electron chi connectivity index (χ1n) is 4.40. The molecule has 0 spiro atoms.